The van der Waals surface area contributed by atoms with Crippen molar-refractivity contribution >= 4 is 0 Å². The second kappa shape index (κ2) is 8.66. The first kappa shape index (κ1) is 19.5. The SMILES string of the molecule is CCN1CCCC(Oc2cnc(-c3ccc(F)cc3)c(-c3ccc(F)cc3)n2)C1. The van der Waals surface area contributed by atoms with Gasteiger partial charge in [-0.2, -0.15) is 0 Å². The van der Waals surface area contributed by atoms with Crippen LogP contribution in [0, 0.1) is 11.6 Å². The second-order valence-corrected chi connectivity index (χ2v) is 7.19. The van der Waals surface area contributed by atoms with Gasteiger partial charge in [0.25, 0.3) is 0 Å². The van der Waals surface area contributed by atoms with Crippen molar-refractivity contribution in [3.05, 3.63) is 66.4 Å². The maximum atomic E-state index is 13.4. The van der Waals surface area contributed by atoms with Gasteiger partial charge in [-0.15, -0.1) is 0 Å². The van der Waals surface area contributed by atoms with Crippen LogP contribution in [0.15, 0.2) is 54.7 Å². The highest BCUT2D eigenvalue weighted by molar-refractivity contribution is 5.78. The third kappa shape index (κ3) is 4.59. The van der Waals surface area contributed by atoms with Gasteiger partial charge in [0, 0.05) is 17.7 Å². The van der Waals surface area contributed by atoms with E-state index in [-0.39, 0.29) is 17.7 Å². The number of hydrogen-bond acceptors (Lipinski definition) is 4. The van der Waals surface area contributed by atoms with Crippen molar-refractivity contribution in [2.45, 2.75) is 25.9 Å². The summed E-state index contributed by atoms with van der Waals surface area (Å²) in [7, 11) is 0. The molecule has 0 bridgehead atoms. The third-order valence-electron chi connectivity index (χ3n) is 5.18. The Balaban J connectivity index is 1.69. The minimum atomic E-state index is -0.320. The molecule has 1 aromatic heterocycles. The lowest BCUT2D eigenvalue weighted by Crippen LogP contribution is -2.41. The number of hydrogen-bond donors (Lipinski definition) is 0. The molecule has 4 nitrogen and oxygen atoms in total. The maximum absolute atomic E-state index is 13.4. The van der Waals surface area contributed by atoms with Crippen LogP contribution in [0.4, 0.5) is 8.78 Å². The van der Waals surface area contributed by atoms with Crippen LogP contribution in [0.25, 0.3) is 22.5 Å². The Morgan fingerprint density at radius 1 is 0.966 bits per heavy atom. The van der Waals surface area contributed by atoms with Crippen LogP contribution in [0.3, 0.4) is 0 Å². The van der Waals surface area contributed by atoms with Gasteiger partial charge in [-0.1, -0.05) is 6.92 Å². The molecule has 2 aromatic carbocycles. The number of likely N-dealkylation sites (N-methyl/N-ethyl adjacent to an activating group) is 1. The fourth-order valence-electron chi connectivity index (χ4n) is 3.63. The molecule has 1 aliphatic rings. The molecule has 4 rings (SSSR count). The van der Waals surface area contributed by atoms with E-state index in [0.29, 0.717) is 17.3 Å². The van der Waals surface area contributed by atoms with Gasteiger partial charge in [0.2, 0.25) is 5.88 Å². The van der Waals surface area contributed by atoms with E-state index in [1.807, 2.05) is 0 Å². The summed E-state index contributed by atoms with van der Waals surface area (Å²) < 4.78 is 32.9. The molecule has 6 heteroatoms. The monoisotopic (exact) mass is 395 g/mol. The summed E-state index contributed by atoms with van der Waals surface area (Å²) in [5.74, 6) is -0.194. The van der Waals surface area contributed by atoms with Crippen LogP contribution in [0.5, 0.6) is 5.88 Å². The normalized spacial score (nSPS) is 17.3. The van der Waals surface area contributed by atoms with Crippen molar-refractivity contribution in [3.63, 3.8) is 0 Å². The van der Waals surface area contributed by atoms with E-state index in [1.165, 1.54) is 24.3 Å². The highest BCUT2D eigenvalue weighted by atomic mass is 19.1. The smallest absolute Gasteiger partial charge is 0.233 e. The fourth-order valence-corrected chi connectivity index (χ4v) is 3.63. The number of ether oxygens (including phenoxy) is 1. The number of rotatable bonds is 5. The van der Waals surface area contributed by atoms with E-state index in [4.69, 9.17) is 9.72 Å². The Morgan fingerprint density at radius 3 is 2.21 bits per heavy atom. The third-order valence-corrected chi connectivity index (χ3v) is 5.18. The van der Waals surface area contributed by atoms with Crippen LogP contribution in [0.1, 0.15) is 19.8 Å². The van der Waals surface area contributed by atoms with E-state index in [9.17, 15) is 8.78 Å². The zero-order valence-corrected chi connectivity index (χ0v) is 16.3. The van der Waals surface area contributed by atoms with Gasteiger partial charge in [-0.3, -0.25) is 4.90 Å². The number of piperidine rings is 1. The lowest BCUT2D eigenvalue weighted by molar-refractivity contribution is 0.0881. The molecule has 1 saturated heterocycles. The largest absolute Gasteiger partial charge is 0.472 e. The minimum Gasteiger partial charge on any atom is -0.472 e. The van der Waals surface area contributed by atoms with Crippen molar-refractivity contribution in [2.24, 2.45) is 0 Å². The molecule has 0 amide bonds. The van der Waals surface area contributed by atoms with Crippen molar-refractivity contribution in [1.29, 1.82) is 0 Å². The lowest BCUT2D eigenvalue weighted by Gasteiger charge is -2.31. The molecular formula is C23H23F2N3O. The number of nitrogens with zero attached hydrogens (tertiary/aromatic N) is 3. The molecule has 0 N–H and O–H groups in total. The molecular weight excluding hydrogens is 372 g/mol. The van der Waals surface area contributed by atoms with Gasteiger partial charge in [0.15, 0.2) is 0 Å². The molecule has 2 heterocycles. The number of halogens is 2. The van der Waals surface area contributed by atoms with E-state index in [1.54, 1.807) is 30.5 Å². The molecule has 29 heavy (non-hydrogen) atoms. The van der Waals surface area contributed by atoms with Crippen LogP contribution in [0.2, 0.25) is 0 Å². The number of benzene rings is 2. The Morgan fingerprint density at radius 2 is 1.59 bits per heavy atom. The summed E-state index contributed by atoms with van der Waals surface area (Å²) in [5.41, 5.74) is 2.64. The van der Waals surface area contributed by atoms with Gasteiger partial charge < -0.3 is 4.74 Å². The molecule has 3 aromatic rings. The molecule has 1 fully saturated rings. The van der Waals surface area contributed by atoms with E-state index < -0.39 is 0 Å². The minimum absolute atomic E-state index is 0.0655. The zero-order valence-electron chi connectivity index (χ0n) is 16.3. The fraction of sp³-hybridized carbons (Fsp3) is 0.304. The van der Waals surface area contributed by atoms with Gasteiger partial charge in [0.05, 0.1) is 11.9 Å². The maximum Gasteiger partial charge on any atom is 0.233 e. The lowest BCUT2D eigenvalue weighted by atomic mass is 10.0. The zero-order chi connectivity index (χ0) is 20.2. The quantitative estimate of drug-likeness (QED) is 0.613. The average molecular weight is 395 g/mol. The Bertz CT molecular complexity index is 961. The summed E-state index contributed by atoms with van der Waals surface area (Å²) >= 11 is 0. The molecule has 150 valence electrons. The molecule has 1 unspecified atom stereocenters. The summed E-state index contributed by atoms with van der Waals surface area (Å²) in [6.45, 7) is 5.10. The first-order chi connectivity index (χ1) is 14.1. The first-order valence-electron chi connectivity index (χ1n) is 9.90. The predicted molar refractivity (Wildman–Crippen MR) is 109 cm³/mol. The first-order valence-corrected chi connectivity index (χ1v) is 9.90. The van der Waals surface area contributed by atoms with E-state index >= 15 is 0 Å². The van der Waals surface area contributed by atoms with Crippen LogP contribution in [-0.4, -0.2) is 40.6 Å². The molecule has 0 radical (unpaired) electrons. The van der Waals surface area contributed by atoms with E-state index in [2.05, 4.69) is 16.8 Å². The van der Waals surface area contributed by atoms with Crippen LogP contribution >= 0.6 is 0 Å². The average Bonchev–Trinajstić information content (AvgIpc) is 2.75. The summed E-state index contributed by atoms with van der Waals surface area (Å²) in [6, 6.07) is 12.2. The highest BCUT2D eigenvalue weighted by Gasteiger charge is 2.21. The number of aromatic nitrogens is 2. The van der Waals surface area contributed by atoms with Gasteiger partial charge in [0.1, 0.15) is 23.4 Å². The topological polar surface area (TPSA) is 38.2 Å². The van der Waals surface area contributed by atoms with Crippen molar-refractivity contribution < 1.29 is 13.5 Å². The van der Waals surface area contributed by atoms with Crippen LogP contribution < -0.4 is 4.74 Å². The molecule has 1 aliphatic heterocycles. The molecule has 0 spiro atoms. The van der Waals surface area contributed by atoms with Gasteiger partial charge in [-0.05, 0) is 74.5 Å². The van der Waals surface area contributed by atoms with Gasteiger partial charge >= 0.3 is 0 Å². The summed E-state index contributed by atoms with van der Waals surface area (Å²) in [5, 5.41) is 0. The summed E-state index contributed by atoms with van der Waals surface area (Å²) in [4.78, 5) is 11.6. The number of likely N-dealkylation sites (tertiary alicyclic amines) is 1. The standard InChI is InChI=1S/C23H23F2N3O/c1-2-28-13-3-4-20(15-28)29-21-14-26-22(16-5-9-18(24)10-6-16)23(27-21)17-7-11-19(25)12-8-17/h5-12,14,20H,2-4,13,15H2,1H3. The van der Waals surface area contributed by atoms with Crippen LogP contribution in [-0.2, 0) is 0 Å². The van der Waals surface area contributed by atoms with Crippen molar-refractivity contribution in [3.8, 4) is 28.4 Å². The van der Waals surface area contributed by atoms with Crippen molar-refractivity contribution in [2.75, 3.05) is 19.6 Å². The van der Waals surface area contributed by atoms with E-state index in [0.717, 1.165) is 43.6 Å². The Kier molecular flexibility index (Phi) is 5.81. The molecule has 0 aliphatic carbocycles. The van der Waals surface area contributed by atoms with Gasteiger partial charge in [-0.25, -0.2) is 18.7 Å². The summed E-state index contributed by atoms with van der Waals surface area (Å²) in [6.07, 6.45) is 3.74. The highest BCUT2D eigenvalue weighted by Crippen LogP contribution is 2.31. The second-order valence-electron chi connectivity index (χ2n) is 7.19. The van der Waals surface area contributed by atoms with Crippen molar-refractivity contribution in [1.82, 2.24) is 14.9 Å². The Labute approximate surface area is 169 Å². The molecule has 0 saturated carbocycles. The predicted octanol–water partition coefficient (Wildman–Crippen LogP) is 4.95. The Hall–Kier alpha value is -2.86. The molecule has 1 atom stereocenters.